The minimum atomic E-state index is -0.866. The molecule has 0 saturated carbocycles. The van der Waals surface area contributed by atoms with Crippen LogP contribution in [0, 0.1) is 0 Å². The SMILES string of the molecule is CCCc1ccc(C(=O)COC(=O)[C@@H]2COc3ccccc3O2)cc1. The Labute approximate surface area is 146 Å². The van der Waals surface area contributed by atoms with Gasteiger partial charge in [-0.3, -0.25) is 4.79 Å². The topological polar surface area (TPSA) is 61.8 Å². The van der Waals surface area contributed by atoms with Crippen molar-refractivity contribution in [1.82, 2.24) is 0 Å². The summed E-state index contributed by atoms with van der Waals surface area (Å²) in [6, 6.07) is 14.5. The molecule has 0 radical (unpaired) electrons. The highest BCUT2D eigenvalue weighted by Gasteiger charge is 2.29. The number of hydrogen-bond donors (Lipinski definition) is 0. The molecule has 0 bridgehead atoms. The Morgan fingerprint density at radius 3 is 2.52 bits per heavy atom. The van der Waals surface area contributed by atoms with E-state index in [0.717, 1.165) is 12.8 Å². The summed E-state index contributed by atoms with van der Waals surface area (Å²) in [6.45, 7) is 1.86. The van der Waals surface area contributed by atoms with Gasteiger partial charge in [0.2, 0.25) is 6.10 Å². The van der Waals surface area contributed by atoms with E-state index in [1.807, 2.05) is 18.2 Å². The Balaban J connectivity index is 1.53. The first-order chi connectivity index (χ1) is 12.2. The fraction of sp³-hybridized carbons (Fsp3) is 0.300. The number of benzene rings is 2. The fourth-order valence-corrected chi connectivity index (χ4v) is 2.59. The van der Waals surface area contributed by atoms with Crippen LogP contribution in [0.25, 0.3) is 0 Å². The predicted molar refractivity (Wildman–Crippen MR) is 92.1 cm³/mol. The molecule has 0 fully saturated rings. The lowest BCUT2D eigenvalue weighted by Crippen LogP contribution is -2.38. The average molecular weight is 340 g/mol. The Kier molecular flexibility index (Phi) is 5.33. The molecule has 0 unspecified atom stereocenters. The highest BCUT2D eigenvalue weighted by Crippen LogP contribution is 2.31. The molecule has 130 valence electrons. The summed E-state index contributed by atoms with van der Waals surface area (Å²) < 4.78 is 16.1. The molecule has 3 rings (SSSR count). The number of aryl methyl sites for hydroxylation is 1. The van der Waals surface area contributed by atoms with E-state index in [2.05, 4.69) is 6.92 Å². The van der Waals surface area contributed by atoms with Gasteiger partial charge < -0.3 is 14.2 Å². The van der Waals surface area contributed by atoms with Gasteiger partial charge in [-0.2, -0.15) is 0 Å². The molecule has 1 heterocycles. The first kappa shape index (κ1) is 17.0. The zero-order chi connectivity index (χ0) is 17.6. The first-order valence-corrected chi connectivity index (χ1v) is 8.34. The quantitative estimate of drug-likeness (QED) is 0.597. The molecular formula is C20H20O5. The number of para-hydroxylation sites is 2. The zero-order valence-corrected chi connectivity index (χ0v) is 14.1. The van der Waals surface area contributed by atoms with E-state index in [1.165, 1.54) is 5.56 Å². The summed E-state index contributed by atoms with van der Waals surface area (Å²) in [5.41, 5.74) is 1.71. The molecule has 1 aliphatic heterocycles. The van der Waals surface area contributed by atoms with Crippen LogP contribution in [0.2, 0.25) is 0 Å². The second-order valence-corrected chi connectivity index (χ2v) is 5.84. The van der Waals surface area contributed by atoms with E-state index in [0.29, 0.717) is 17.1 Å². The number of fused-ring (bicyclic) bond motifs is 1. The predicted octanol–water partition coefficient (Wildman–Crippen LogP) is 3.21. The highest BCUT2D eigenvalue weighted by atomic mass is 16.6. The largest absolute Gasteiger partial charge is 0.485 e. The van der Waals surface area contributed by atoms with Crippen molar-refractivity contribution in [3.63, 3.8) is 0 Å². The molecule has 0 N–H and O–H groups in total. The molecule has 25 heavy (non-hydrogen) atoms. The van der Waals surface area contributed by atoms with Crippen LogP contribution in [0.5, 0.6) is 11.5 Å². The maximum atomic E-state index is 12.2. The molecule has 5 heteroatoms. The minimum absolute atomic E-state index is 0.0652. The van der Waals surface area contributed by atoms with E-state index in [9.17, 15) is 9.59 Å². The summed E-state index contributed by atoms with van der Waals surface area (Å²) in [5.74, 6) is 0.238. The third-order valence-electron chi connectivity index (χ3n) is 3.93. The summed E-state index contributed by atoms with van der Waals surface area (Å²) in [5, 5.41) is 0. The lowest BCUT2D eigenvalue weighted by Gasteiger charge is -2.24. The highest BCUT2D eigenvalue weighted by molar-refractivity contribution is 5.98. The fourth-order valence-electron chi connectivity index (χ4n) is 2.59. The molecule has 1 atom stereocenters. The van der Waals surface area contributed by atoms with Gasteiger partial charge in [0, 0.05) is 5.56 Å². The van der Waals surface area contributed by atoms with Gasteiger partial charge in [-0.25, -0.2) is 4.79 Å². The van der Waals surface area contributed by atoms with Crippen LogP contribution in [-0.4, -0.2) is 31.1 Å². The minimum Gasteiger partial charge on any atom is -0.485 e. The van der Waals surface area contributed by atoms with E-state index in [4.69, 9.17) is 14.2 Å². The van der Waals surface area contributed by atoms with Gasteiger partial charge >= 0.3 is 5.97 Å². The van der Waals surface area contributed by atoms with Crippen molar-refractivity contribution < 1.29 is 23.8 Å². The van der Waals surface area contributed by atoms with Gasteiger partial charge in [0.1, 0.15) is 6.61 Å². The van der Waals surface area contributed by atoms with Crippen LogP contribution in [-0.2, 0) is 16.0 Å². The van der Waals surface area contributed by atoms with Crippen LogP contribution in [0.1, 0.15) is 29.3 Å². The van der Waals surface area contributed by atoms with Crippen LogP contribution < -0.4 is 9.47 Å². The van der Waals surface area contributed by atoms with E-state index >= 15 is 0 Å². The number of hydrogen-bond acceptors (Lipinski definition) is 5. The molecule has 5 nitrogen and oxygen atoms in total. The smallest absolute Gasteiger partial charge is 0.351 e. The van der Waals surface area contributed by atoms with Crippen molar-refractivity contribution in [3.05, 3.63) is 59.7 Å². The summed E-state index contributed by atoms with van der Waals surface area (Å²) in [4.78, 5) is 24.3. The van der Waals surface area contributed by atoms with Gasteiger partial charge in [-0.15, -0.1) is 0 Å². The molecular weight excluding hydrogens is 320 g/mol. The van der Waals surface area contributed by atoms with E-state index in [-0.39, 0.29) is 19.0 Å². The number of carbonyl (C=O) groups is 2. The van der Waals surface area contributed by atoms with Crippen LogP contribution in [0.4, 0.5) is 0 Å². The normalized spacial score (nSPS) is 15.5. The maximum Gasteiger partial charge on any atom is 0.351 e. The lowest BCUT2D eigenvalue weighted by molar-refractivity contribution is -0.153. The monoisotopic (exact) mass is 340 g/mol. The Hall–Kier alpha value is -2.82. The molecule has 0 saturated heterocycles. The number of carbonyl (C=O) groups excluding carboxylic acids is 2. The number of esters is 1. The standard InChI is InChI=1S/C20H20O5/c1-2-5-14-8-10-15(11-9-14)16(21)12-24-20(22)19-13-23-17-6-3-4-7-18(17)25-19/h3-4,6-11,19H,2,5,12-13H2,1H3/t19-/m0/s1. The lowest BCUT2D eigenvalue weighted by atomic mass is 10.1. The molecule has 1 aliphatic rings. The van der Waals surface area contributed by atoms with Crippen molar-refractivity contribution in [3.8, 4) is 11.5 Å². The van der Waals surface area contributed by atoms with Crippen molar-refractivity contribution in [1.29, 1.82) is 0 Å². The summed E-state index contributed by atoms with van der Waals surface area (Å²) in [6.07, 6.45) is 1.16. The molecule has 2 aromatic carbocycles. The maximum absolute atomic E-state index is 12.2. The van der Waals surface area contributed by atoms with Crippen LogP contribution in [0.3, 0.4) is 0 Å². The van der Waals surface area contributed by atoms with Crippen LogP contribution in [0.15, 0.2) is 48.5 Å². The Morgan fingerprint density at radius 1 is 1.08 bits per heavy atom. The Morgan fingerprint density at radius 2 is 1.80 bits per heavy atom. The van der Waals surface area contributed by atoms with Crippen molar-refractivity contribution in [2.24, 2.45) is 0 Å². The number of rotatable bonds is 6. The molecule has 0 amide bonds. The van der Waals surface area contributed by atoms with Crippen molar-refractivity contribution in [2.75, 3.05) is 13.2 Å². The van der Waals surface area contributed by atoms with Gasteiger partial charge in [0.25, 0.3) is 0 Å². The van der Waals surface area contributed by atoms with Gasteiger partial charge in [-0.05, 0) is 24.1 Å². The van der Waals surface area contributed by atoms with E-state index in [1.54, 1.807) is 30.3 Å². The second kappa shape index (κ2) is 7.83. The molecule has 0 spiro atoms. The molecule has 2 aromatic rings. The van der Waals surface area contributed by atoms with Gasteiger partial charge in [0.15, 0.2) is 23.9 Å². The summed E-state index contributed by atoms with van der Waals surface area (Å²) in [7, 11) is 0. The van der Waals surface area contributed by atoms with Gasteiger partial charge in [0.05, 0.1) is 0 Å². The summed E-state index contributed by atoms with van der Waals surface area (Å²) >= 11 is 0. The first-order valence-electron chi connectivity index (χ1n) is 8.34. The zero-order valence-electron chi connectivity index (χ0n) is 14.1. The third-order valence-corrected chi connectivity index (χ3v) is 3.93. The number of ketones is 1. The second-order valence-electron chi connectivity index (χ2n) is 5.84. The number of ether oxygens (including phenoxy) is 3. The van der Waals surface area contributed by atoms with Crippen molar-refractivity contribution in [2.45, 2.75) is 25.9 Å². The average Bonchev–Trinajstić information content (AvgIpc) is 2.66. The molecule has 0 aliphatic carbocycles. The number of Topliss-reactive ketones (excluding diaryl/α,β-unsaturated/α-hetero) is 1. The van der Waals surface area contributed by atoms with E-state index < -0.39 is 12.1 Å². The van der Waals surface area contributed by atoms with Gasteiger partial charge in [-0.1, -0.05) is 49.7 Å². The van der Waals surface area contributed by atoms with Crippen LogP contribution >= 0.6 is 0 Å². The third kappa shape index (κ3) is 4.18. The molecule has 0 aromatic heterocycles. The Bertz CT molecular complexity index is 751. The van der Waals surface area contributed by atoms with Crippen molar-refractivity contribution >= 4 is 11.8 Å².